The van der Waals surface area contributed by atoms with Gasteiger partial charge in [0.05, 0.1) is 13.2 Å². The van der Waals surface area contributed by atoms with E-state index in [0.717, 1.165) is 0 Å². The lowest BCUT2D eigenvalue weighted by molar-refractivity contribution is -0.129. The van der Waals surface area contributed by atoms with E-state index in [1.807, 2.05) is 0 Å². The molecule has 0 radical (unpaired) electrons. The number of aliphatic hydroxyl groups excluding tert-OH is 8. The highest BCUT2D eigenvalue weighted by Gasteiger charge is 2.52. The van der Waals surface area contributed by atoms with Crippen LogP contribution in [0.15, 0.2) is 0 Å². The molecule has 1 aliphatic heterocycles. The Hall–Kier alpha value is -0.100. The molecular weight excluding hydrogens is 400 g/mol. The van der Waals surface area contributed by atoms with Gasteiger partial charge in [0.25, 0.3) is 0 Å². The maximum Gasteiger partial charge on any atom is 0.397 e. The van der Waals surface area contributed by atoms with Crippen LogP contribution in [0.25, 0.3) is 0 Å². The van der Waals surface area contributed by atoms with Gasteiger partial charge in [0.1, 0.15) is 54.2 Å². The monoisotopic (exact) mass is 425 g/mol. The average Bonchev–Trinajstić information content (AvgIpc) is 2.82. The topological polar surface area (TPSA) is 225 Å². The summed E-state index contributed by atoms with van der Waals surface area (Å²) in [7, 11) is -6.18. The number of rotatable bonds is 10. The van der Waals surface area contributed by atoms with Gasteiger partial charge in [-0.15, -0.1) is 0 Å². The Balaban J connectivity index is 2.95. The van der Waals surface area contributed by atoms with Gasteiger partial charge in [-0.05, 0) is 0 Å². The highest BCUT2D eigenvalue weighted by Crippen LogP contribution is 2.26. The van der Waals surface area contributed by atoms with E-state index in [1.54, 1.807) is 0 Å². The van der Waals surface area contributed by atoms with Crippen molar-refractivity contribution in [3.05, 3.63) is 0 Å². The third-order valence-electron chi connectivity index (χ3n) is 4.03. The van der Waals surface area contributed by atoms with Crippen molar-refractivity contribution in [2.45, 2.75) is 48.0 Å². The predicted molar refractivity (Wildman–Crippen MR) is 87.5 cm³/mol. The summed E-state index contributed by atoms with van der Waals surface area (Å²) in [6.45, 7) is -1.51. The molecule has 9 atom stereocenters. The van der Waals surface area contributed by atoms with Crippen LogP contribution < -0.4 is 0 Å². The van der Waals surface area contributed by atoms with Crippen LogP contribution >= 0.6 is 0 Å². The number of aliphatic hydroxyl groups is 8. The zero-order valence-electron chi connectivity index (χ0n) is 13.5. The van der Waals surface area contributed by atoms with Crippen LogP contribution in [0.2, 0.25) is 0 Å². The van der Waals surface area contributed by atoms with Crippen molar-refractivity contribution in [3.8, 4) is 0 Å². The lowest BCUT2D eigenvalue weighted by Crippen LogP contribution is -2.53. The molecule has 1 rings (SSSR count). The second kappa shape index (κ2) is 9.90. The summed E-state index contributed by atoms with van der Waals surface area (Å²) in [4.78, 5) is 0. The van der Waals surface area contributed by atoms with E-state index >= 15 is 0 Å². The molecule has 0 saturated carbocycles. The highest BCUT2D eigenvalue weighted by molar-refractivity contribution is 7.97. The quantitative estimate of drug-likeness (QED) is 0.118. The molecule has 1 unspecified atom stereocenters. The molecule has 9 N–H and O–H groups in total. The summed E-state index contributed by atoms with van der Waals surface area (Å²) in [5.74, 6) is -0.363. The fourth-order valence-corrected chi connectivity index (χ4v) is 5.83. The second-order valence-corrected chi connectivity index (χ2v) is 9.33. The average molecular weight is 425 g/mol. The highest BCUT2D eigenvalue weighted by atomic mass is 32.3. The second-order valence-electron chi connectivity index (χ2n) is 5.94. The molecule has 156 valence electrons. The van der Waals surface area contributed by atoms with E-state index in [0.29, 0.717) is 0 Å². The molecule has 1 fully saturated rings. The molecule has 0 aromatic carbocycles. The lowest BCUT2D eigenvalue weighted by Gasteiger charge is -2.30. The molecule has 0 aromatic rings. The minimum Gasteiger partial charge on any atom is -0.394 e. The first kappa shape index (κ1) is 23.9. The van der Waals surface area contributed by atoms with Gasteiger partial charge in [0, 0.05) is 10.9 Å². The molecule has 0 spiro atoms. The summed E-state index contributed by atoms with van der Waals surface area (Å²) in [6, 6.07) is 0. The summed E-state index contributed by atoms with van der Waals surface area (Å²) in [6.07, 6.45) is -12.6. The first-order chi connectivity index (χ1) is 11.9. The Labute approximate surface area is 152 Å². The molecule has 1 heterocycles. The third kappa shape index (κ3) is 6.22. The van der Waals surface area contributed by atoms with E-state index in [2.05, 4.69) is 4.18 Å². The van der Waals surface area contributed by atoms with Crippen LogP contribution in [0.3, 0.4) is 0 Å². The Morgan fingerprint density at radius 1 is 1.04 bits per heavy atom. The van der Waals surface area contributed by atoms with Crippen LogP contribution in [-0.2, 0) is 25.5 Å². The number of hydrogen-bond donors (Lipinski definition) is 9. The van der Waals surface area contributed by atoms with Gasteiger partial charge in [-0.1, -0.05) is 0 Å². The van der Waals surface area contributed by atoms with Gasteiger partial charge in [-0.2, -0.15) is 8.42 Å². The zero-order chi connectivity index (χ0) is 20.2. The third-order valence-corrected chi connectivity index (χ3v) is 7.32. The standard InChI is InChI=1S/C12H24O12S2/c13-1-5(15)10(19)11(20)12(24-26(21,22)23)7(17)4-25-3-6(16)9(18)8(25)2-14/h5-20H,1-4H2/p+1/t5-,6+,7+,8+,9-,10+,11-,12+,25?/m0/s1. The normalized spacial score (nSPS) is 32.8. The molecule has 0 aliphatic carbocycles. The van der Waals surface area contributed by atoms with Gasteiger partial charge in [0.2, 0.25) is 0 Å². The van der Waals surface area contributed by atoms with Crippen LogP contribution in [0.1, 0.15) is 0 Å². The molecule has 0 aromatic heterocycles. The Kier molecular flexibility index (Phi) is 9.12. The Bertz CT molecular complexity index is 530. The molecule has 26 heavy (non-hydrogen) atoms. The minimum atomic E-state index is -5.17. The summed E-state index contributed by atoms with van der Waals surface area (Å²) < 4.78 is 35.0. The van der Waals surface area contributed by atoms with E-state index in [-0.39, 0.29) is 11.5 Å². The fraction of sp³-hybridized carbons (Fsp3) is 1.00. The largest absolute Gasteiger partial charge is 0.397 e. The van der Waals surface area contributed by atoms with Crippen molar-refractivity contribution in [2.24, 2.45) is 0 Å². The van der Waals surface area contributed by atoms with Crippen molar-refractivity contribution in [3.63, 3.8) is 0 Å². The smallest absolute Gasteiger partial charge is 0.394 e. The van der Waals surface area contributed by atoms with E-state index in [9.17, 15) is 44.2 Å². The molecule has 12 nitrogen and oxygen atoms in total. The summed E-state index contributed by atoms with van der Waals surface area (Å²) >= 11 is 0. The fourth-order valence-electron chi connectivity index (χ4n) is 2.62. The van der Waals surface area contributed by atoms with Crippen LogP contribution in [0, 0.1) is 0 Å². The van der Waals surface area contributed by atoms with E-state index in [4.69, 9.17) is 9.66 Å². The van der Waals surface area contributed by atoms with Gasteiger partial charge in [-0.3, -0.25) is 4.55 Å². The first-order valence-electron chi connectivity index (χ1n) is 7.55. The maximum atomic E-state index is 11.0. The van der Waals surface area contributed by atoms with Crippen LogP contribution in [0.5, 0.6) is 0 Å². The molecule has 1 aliphatic rings. The minimum absolute atomic E-state index is 0.0139. The van der Waals surface area contributed by atoms with Gasteiger partial charge in [-0.25, -0.2) is 4.18 Å². The zero-order valence-corrected chi connectivity index (χ0v) is 15.1. The van der Waals surface area contributed by atoms with Crippen molar-refractivity contribution < 1.29 is 58.0 Å². The SMILES string of the molecule is O=S(=O)(O)O[C@@H]([C@@H](O)[C@H](O)[C@@H](O)CO)[C@H](O)C[S+]1C[C@@H](O)[C@H](O)[C@H]1CO. The van der Waals surface area contributed by atoms with E-state index in [1.165, 1.54) is 0 Å². The Morgan fingerprint density at radius 3 is 2.08 bits per heavy atom. The molecular formula is C12H25O12S2+. The van der Waals surface area contributed by atoms with Crippen molar-refractivity contribution in [1.82, 2.24) is 0 Å². The van der Waals surface area contributed by atoms with Crippen molar-refractivity contribution in [1.29, 1.82) is 0 Å². The summed E-state index contributed by atoms with van der Waals surface area (Å²) in [5, 5.41) is 76.0. The van der Waals surface area contributed by atoms with Crippen molar-refractivity contribution >= 4 is 21.3 Å². The first-order valence-corrected chi connectivity index (χ1v) is 10.5. The van der Waals surface area contributed by atoms with Gasteiger partial charge < -0.3 is 40.9 Å². The molecule has 1 saturated heterocycles. The van der Waals surface area contributed by atoms with Gasteiger partial charge in [0.15, 0.2) is 5.25 Å². The summed E-state index contributed by atoms with van der Waals surface area (Å²) in [5.41, 5.74) is 0. The maximum absolute atomic E-state index is 11.0. The Morgan fingerprint density at radius 2 is 1.62 bits per heavy atom. The lowest BCUT2D eigenvalue weighted by atomic mass is 10.0. The predicted octanol–water partition coefficient (Wildman–Crippen LogP) is -5.68. The van der Waals surface area contributed by atoms with E-state index < -0.39 is 82.5 Å². The van der Waals surface area contributed by atoms with Crippen LogP contribution in [0.4, 0.5) is 0 Å². The number of hydrogen-bond acceptors (Lipinski definition) is 11. The molecule has 0 bridgehead atoms. The van der Waals surface area contributed by atoms with Crippen LogP contribution in [-0.4, -0.2) is 127 Å². The molecule has 0 amide bonds. The molecule has 14 heteroatoms. The van der Waals surface area contributed by atoms with Crippen molar-refractivity contribution in [2.75, 3.05) is 24.7 Å². The van der Waals surface area contributed by atoms with Gasteiger partial charge >= 0.3 is 10.4 Å².